The molecule has 27 heavy (non-hydrogen) atoms. The number of para-hydroxylation sites is 1. The van der Waals surface area contributed by atoms with Gasteiger partial charge in [-0.25, -0.2) is 9.67 Å². The topological polar surface area (TPSA) is 76.9 Å². The maximum Gasteiger partial charge on any atom is 0.277 e. The van der Waals surface area contributed by atoms with Gasteiger partial charge in [0.25, 0.3) is 11.5 Å². The van der Waals surface area contributed by atoms with Crippen LogP contribution in [0.1, 0.15) is 21.6 Å². The fourth-order valence-corrected chi connectivity index (χ4v) is 3.68. The lowest BCUT2D eigenvalue weighted by atomic mass is 10.2. The average Bonchev–Trinajstić information content (AvgIpc) is 3.08. The van der Waals surface area contributed by atoms with Gasteiger partial charge >= 0.3 is 0 Å². The molecular weight excluding hydrogens is 360 g/mol. The van der Waals surface area contributed by atoms with Crippen LogP contribution < -0.4 is 10.9 Å². The molecular formula is C20H16N4O2S. The minimum Gasteiger partial charge on any atom is -0.296 e. The summed E-state index contributed by atoms with van der Waals surface area (Å²) >= 11 is 1.41. The molecule has 6 nitrogen and oxygen atoms in total. The fourth-order valence-electron chi connectivity index (χ4n) is 2.74. The molecule has 2 heterocycles. The number of aromatic nitrogens is 3. The first kappa shape index (κ1) is 17.1. The number of hydrogen-bond acceptors (Lipinski definition) is 5. The highest BCUT2D eigenvalue weighted by molar-refractivity contribution is 7.22. The smallest absolute Gasteiger partial charge is 0.277 e. The number of carbonyl (C=O) groups excluding carboxylic acids is 1. The van der Waals surface area contributed by atoms with Crippen molar-refractivity contribution in [1.29, 1.82) is 0 Å². The first-order valence-corrected chi connectivity index (χ1v) is 9.21. The zero-order valence-corrected chi connectivity index (χ0v) is 15.4. The first-order chi connectivity index (χ1) is 13.1. The number of thiazole rings is 1. The van der Waals surface area contributed by atoms with Crippen molar-refractivity contribution in [1.82, 2.24) is 14.8 Å². The molecule has 0 aliphatic rings. The molecule has 134 valence electrons. The third-order valence-corrected chi connectivity index (χ3v) is 5.05. The Hall–Kier alpha value is -3.32. The summed E-state index contributed by atoms with van der Waals surface area (Å²) in [4.78, 5) is 29.1. The van der Waals surface area contributed by atoms with Crippen molar-refractivity contribution < 1.29 is 4.79 Å². The zero-order chi connectivity index (χ0) is 18.8. The van der Waals surface area contributed by atoms with E-state index in [-0.39, 0.29) is 11.3 Å². The van der Waals surface area contributed by atoms with Gasteiger partial charge in [0.05, 0.1) is 16.8 Å². The minimum absolute atomic E-state index is 0.168. The highest BCUT2D eigenvalue weighted by atomic mass is 32.1. The van der Waals surface area contributed by atoms with E-state index in [9.17, 15) is 9.59 Å². The first-order valence-electron chi connectivity index (χ1n) is 8.40. The highest BCUT2D eigenvalue weighted by Crippen LogP contribution is 2.28. The van der Waals surface area contributed by atoms with Crippen LogP contribution in [0.4, 0.5) is 5.13 Å². The maximum absolute atomic E-state index is 12.6. The molecule has 0 fully saturated rings. The largest absolute Gasteiger partial charge is 0.296 e. The van der Waals surface area contributed by atoms with Gasteiger partial charge in [-0.05, 0) is 30.2 Å². The van der Waals surface area contributed by atoms with Gasteiger partial charge in [-0.1, -0.05) is 53.8 Å². The number of nitrogens with zero attached hydrogens (tertiary/aromatic N) is 3. The van der Waals surface area contributed by atoms with Gasteiger partial charge in [0.15, 0.2) is 5.13 Å². The summed E-state index contributed by atoms with van der Waals surface area (Å²) in [6, 6.07) is 18.2. The van der Waals surface area contributed by atoms with E-state index in [1.165, 1.54) is 28.2 Å². The van der Waals surface area contributed by atoms with Gasteiger partial charge < -0.3 is 0 Å². The van der Waals surface area contributed by atoms with E-state index in [4.69, 9.17) is 0 Å². The predicted molar refractivity (Wildman–Crippen MR) is 106 cm³/mol. The summed E-state index contributed by atoms with van der Waals surface area (Å²) in [5.41, 5.74) is 2.78. The van der Waals surface area contributed by atoms with E-state index in [0.29, 0.717) is 11.7 Å². The standard InChI is InChI=1S/C20H16N4O2S/c1-13-6-5-9-16-18(13)21-20(27-16)22-19(26)15-10-11-17(25)24(23-15)12-14-7-3-2-4-8-14/h2-11H,12H2,1H3,(H,21,22,26). The molecule has 0 atom stereocenters. The number of anilines is 1. The van der Waals surface area contributed by atoms with Crippen LogP contribution in [0.2, 0.25) is 0 Å². The lowest BCUT2D eigenvalue weighted by molar-refractivity contribution is 0.102. The fraction of sp³-hybridized carbons (Fsp3) is 0.100. The Morgan fingerprint density at radius 1 is 1.07 bits per heavy atom. The van der Waals surface area contributed by atoms with Crippen molar-refractivity contribution in [3.63, 3.8) is 0 Å². The third-order valence-electron chi connectivity index (χ3n) is 4.12. The Morgan fingerprint density at radius 2 is 1.89 bits per heavy atom. The number of rotatable bonds is 4. The molecule has 0 aliphatic carbocycles. The van der Waals surface area contributed by atoms with Gasteiger partial charge in [-0.2, -0.15) is 5.10 Å². The van der Waals surface area contributed by atoms with E-state index >= 15 is 0 Å². The van der Waals surface area contributed by atoms with Crippen LogP contribution in [0.25, 0.3) is 10.2 Å². The molecule has 4 aromatic rings. The molecule has 1 N–H and O–H groups in total. The lowest BCUT2D eigenvalue weighted by Crippen LogP contribution is -2.26. The Labute approximate surface area is 159 Å². The molecule has 1 amide bonds. The summed E-state index contributed by atoms with van der Waals surface area (Å²) < 4.78 is 2.29. The number of amides is 1. The second-order valence-corrected chi connectivity index (χ2v) is 7.13. The van der Waals surface area contributed by atoms with E-state index < -0.39 is 5.91 Å². The van der Waals surface area contributed by atoms with Gasteiger partial charge in [-0.15, -0.1) is 0 Å². The SMILES string of the molecule is Cc1cccc2sc(NC(=O)c3ccc(=O)n(Cc4ccccc4)n3)nc12. The van der Waals surface area contributed by atoms with Gasteiger partial charge in [0.2, 0.25) is 0 Å². The number of carbonyl (C=O) groups is 1. The molecule has 2 aromatic carbocycles. The second-order valence-electron chi connectivity index (χ2n) is 6.09. The number of fused-ring (bicyclic) bond motifs is 1. The van der Waals surface area contributed by atoms with Crippen molar-refractivity contribution in [2.75, 3.05) is 5.32 Å². The molecule has 0 aliphatic heterocycles. The number of benzene rings is 2. The highest BCUT2D eigenvalue weighted by Gasteiger charge is 2.13. The summed E-state index contributed by atoms with van der Waals surface area (Å²) in [6.45, 7) is 2.29. The Balaban J connectivity index is 1.58. The third kappa shape index (κ3) is 3.63. The van der Waals surface area contributed by atoms with Crippen LogP contribution in [0.5, 0.6) is 0 Å². The average molecular weight is 376 g/mol. The van der Waals surface area contributed by atoms with Crippen LogP contribution in [0.3, 0.4) is 0 Å². The van der Waals surface area contributed by atoms with Crippen molar-refractivity contribution >= 4 is 32.6 Å². The van der Waals surface area contributed by atoms with Gasteiger partial charge in [0, 0.05) is 6.07 Å². The zero-order valence-electron chi connectivity index (χ0n) is 14.5. The second kappa shape index (κ2) is 7.13. The molecule has 2 aromatic heterocycles. The quantitative estimate of drug-likeness (QED) is 0.592. The minimum atomic E-state index is -0.395. The summed E-state index contributed by atoms with van der Waals surface area (Å²) in [6.07, 6.45) is 0. The molecule has 0 spiro atoms. The van der Waals surface area contributed by atoms with Crippen LogP contribution in [0, 0.1) is 6.92 Å². The number of hydrogen-bond donors (Lipinski definition) is 1. The van der Waals surface area contributed by atoms with Crippen LogP contribution in [-0.2, 0) is 6.54 Å². The Kier molecular flexibility index (Phi) is 4.52. The van der Waals surface area contributed by atoms with E-state index in [2.05, 4.69) is 15.4 Å². The van der Waals surface area contributed by atoms with Gasteiger partial charge in [-0.3, -0.25) is 14.9 Å². The Morgan fingerprint density at radius 3 is 2.67 bits per heavy atom. The van der Waals surface area contributed by atoms with Crippen molar-refractivity contribution in [3.05, 3.63) is 87.8 Å². The molecule has 7 heteroatoms. The summed E-state index contributed by atoms with van der Waals surface area (Å²) in [5, 5.41) is 7.49. The molecule has 0 saturated heterocycles. The number of aryl methyl sites for hydroxylation is 1. The molecule has 0 bridgehead atoms. The van der Waals surface area contributed by atoms with Crippen LogP contribution >= 0.6 is 11.3 Å². The molecule has 0 saturated carbocycles. The predicted octanol–water partition coefficient (Wildman–Crippen LogP) is 3.46. The van der Waals surface area contributed by atoms with E-state index in [1.807, 2.05) is 55.5 Å². The lowest BCUT2D eigenvalue weighted by Gasteiger charge is -2.07. The van der Waals surface area contributed by atoms with Crippen LogP contribution in [-0.4, -0.2) is 20.7 Å². The van der Waals surface area contributed by atoms with E-state index in [1.54, 1.807) is 0 Å². The summed E-state index contributed by atoms with van der Waals surface area (Å²) in [5.74, 6) is -0.395. The van der Waals surface area contributed by atoms with Crippen LogP contribution in [0.15, 0.2) is 65.5 Å². The van der Waals surface area contributed by atoms with Crippen molar-refractivity contribution in [3.8, 4) is 0 Å². The Bertz CT molecular complexity index is 1180. The van der Waals surface area contributed by atoms with Gasteiger partial charge in [0.1, 0.15) is 5.69 Å². The van der Waals surface area contributed by atoms with Crippen molar-refractivity contribution in [2.24, 2.45) is 0 Å². The number of nitrogens with one attached hydrogen (secondary N) is 1. The van der Waals surface area contributed by atoms with Crippen molar-refractivity contribution in [2.45, 2.75) is 13.5 Å². The van der Waals surface area contributed by atoms with E-state index in [0.717, 1.165) is 21.3 Å². The summed E-state index contributed by atoms with van der Waals surface area (Å²) in [7, 11) is 0. The molecule has 0 radical (unpaired) electrons. The molecule has 0 unspecified atom stereocenters. The monoisotopic (exact) mass is 376 g/mol. The molecule has 4 rings (SSSR count). The normalized spacial score (nSPS) is 10.9. The maximum atomic E-state index is 12.6.